The van der Waals surface area contributed by atoms with Crippen LogP contribution in [0, 0.1) is 0 Å². The summed E-state index contributed by atoms with van der Waals surface area (Å²) in [5.41, 5.74) is 0. The van der Waals surface area contributed by atoms with E-state index in [0.29, 0.717) is 15.2 Å². The van der Waals surface area contributed by atoms with Crippen LogP contribution in [-0.2, 0) is 0 Å². The summed E-state index contributed by atoms with van der Waals surface area (Å²) in [6, 6.07) is 11.1. The molecule has 0 unspecified atom stereocenters. The molecule has 22 heavy (non-hydrogen) atoms. The topological polar surface area (TPSA) is 29.5 Å². The number of benzene rings is 2. The molecule has 0 aliphatic rings. The summed E-state index contributed by atoms with van der Waals surface area (Å²) in [7, 11) is 0. The van der Waals surface area contributed by atoms with E-state index in [-0.39, 0.29) is 5.75 Å². The zero-order valence-electron chi connectivity index (χ0n) is 10.9. The molecule has 0 spiro atoms. The highest BCUT2D eigenvalue weighted by Gasteiger charge is 2.28. The maximum absolute atomic E-state index is 11.8. The van der Waals surface area contributed by atoms with E-state index >= 15 is 0 Å². The summed E-state index contributed by atoms with van der Waals surface area (Å²) >= 11 is 11.9. The van der Waals surface area contributed by atoms with Crippen LogP contribution in [-0.4, -0.2) is 17.9 Å². The van der Waals surface area contributed by atoms with E-state index in [2.05, 4.69) is 36.6 Å². The van der Waals surface area contributed by atoms with Gasteiger partial charge in [-0.3, -0.25) is 0 Å². The molecule has 0 saturated heterocycles. The van der Waals surface area contributed by atoms with Gasteiger partial charge < -0.3 is 9.84 Å². The molecule has 0 heterocycles. The van der Waals surface area contributed by atoms with Gasteiger partial charge in [-0.2, -0.15) is 13.2 Å². The van der Waals surface area contributed by atoms with E-state index < -0.39 is 12.8 Å². The first-order valence-electron chi connectivity index (χ1n) is 5.76. The van der Waals surface area contributed by atoms with Crippen molar-refractivity contribution in [2.45, 2.75) is 6.18 Å². The number of halogens is 6. The summed E-state index contributed by atoms with van der Waals surface area (Å²) in [4.78, 5) is 0. The summed E-state index contributed by atoms with van der Waals surface area (Å²) in [6.07, 6.45) is -4.33. The Bertz CT molecular complexity index is 583. The van der Waals surface area contributed by atoms with Gasteiger partial charge in [-0.05, 0) is 58.4 Å². The zero-order chi connectivity index (χ0) is 16.8. The molecule has 2 nitrogen and oxygen atoms in total. The molecule has 0 aliphatic carbocycles. The maximum Gasteiger partial charge on any atom is 0.422 e. The minimum absolute atomic E-state index is 0.117. The van der Waals surface area contributed by atoms with E-state index in [9.17, 15) is 13.2 Å². The fraction of sp³-hybridized carbons (Fsp3) is 0.143. The highest BCUT2D eigenvalue weighted by Crippen LogP contribution is 2.29. The predicted molar refractivity (Wildman–Crippen MR) is 86.5 cm³/mol. The van der Waals surface area contributed by atoms with Gasteiger partial charge in [0.1, 0.15) is 11.5 Å². The Kier molecular flexibility index (Phi) is 7.52. The van der Waals surface area contributed by atoms with Crippen LogP contribution < -0.4 is 4.74 Å². The first-order valence-corrected chi connectivity index (χ1v) is 7.73. The number of ether oxygens (including phenoxy) is 1. The van der Waals surface area contributed by atoms with E-state index in [0.717, 1.165) is 4.47 Å². The third kappa shape index (κ3) is 7.91. The van der Waals surface area contributed by atoms with Crippen LogP contribution >= 0.6 is 43.5 Å². The van der Waals surface area contributed by atoms with Crippen molar-refractivity contribution in [1.82, 2.24) is 0 Å². The van der Waals surface area contributed by atoms with Crippen molar-refractivity contribution in [2.24, 2.45) is 0 Å². The second-order valence-electron chi connectivity index (χ2n) is 3.96. The van der Waals surface area contributed by atoms with Crippen molar-refractivity contribution < 1.29 is 23.0 Å². The minimum Gasteiger partial charge on any atom is -0.508 e. The molecule has 2 rings (SSSR count). The summed E-state index contributed by atoms with van der Waals surface area (Å²) < 4.78 is 41.3. The van der Waals surface area contributed by atoms with Gasteiger partial charge in [-0.15, -0.1) is 0 Å². The van der Waals surface area contributed by atoms with Gasteiger partial charge in [-0.25, -0.2) is 0 Å². The first kappa shape index (κ1) is 19.1. The highest BCUT2D eigenvalue weighted by molar-refractivity contribution is 9.10. The lowest BCUT2D eigenvalue weighted by Gasteiger charge is -2.10. The Morgan fingerprint density at radius 2 is 1.64 bits per heavy atom. The number of hydrogen-bond acceptors (Lipinski definition) is 2. The molecular formula is C14H10Br2ClF3O2. The summed E-state index contributed by atoms with van der Waals surface area (Å²) in [5.74, 6) is 0.417. The number of hydrogen-bond donors (Lipinski definition) is 1. The Hall–Kier alpha value is -0.920. The second kappa shape index (κ2) is 8.64. The molecule has 8 heteroatoms. The van der Waals surface area contributed by atoms with E-state index in [1.165, 1.54) is 18.2 Å². The number of phenolic OH excluding ortho intramolecular Hbond substituents is 1. The van der Waals surface area contributed by atoms with E-state index in [4.69, 9.17) is 16.7 Å². The minimum atomic E-state index is -4.33. The fourth-order valence-corrected chi connectivity index (χ4v) is 2.25. The number of alkyl halides is 3. The molecule has 0 amide bonds. The average Bonchev–Trinajstić information content (AvgIpc) is 2.41. The quantitative estimate of drug-likeness (QED) is 0.576. The van der Waals surface area contributed by atoms with Gasteiger partial charge in [0.25, 0.3) is 0 Å². The largest absolute Gasteiger partial charge is 0.508 e. The van der Waals surface area contributed by atoms with Crippen LogP contribution in [0.1, 0.15) is 0 Å². The molecule has 0 atom stereocenters. The first-order chi connectivity index (χ1) is 10.2. The van der Waals surface area contributed by atoms with Gasteiger partial charge in [0.15, 0.2) is 6.61 Å². The zero-order valence-corrected chi connectivity index (χ0v) is 14.8. The van der Waals surface area contributed by atoms with Gasteiger partial charge in [0.05, 0.1) is 4.47 Å². The van der Waals surface area contributed by atoms with E-state index in [1.807, 2.05) is 0 Å². The molecule has 2 aromatic rings. The molecule has 2 aromatic carbocycles. The summed E-state index contributed by atoms with van der Waals surface area (Å²) in [6.45, 7) is -1.31. The van der Waals surface area contributed by atoms with E-state index in [1.54, 1.807) is 24.3 Å². The average molecular weight is 462 g/mol. The highest BCUT2D eigenvalue weighted by atomic mass is 79.9. The normalized spacial score (nSPS) is 10.6. The molecule has 1 N–H and O–H groups in total. The summed E-state index contributed by atoms with van der Waals surface area (Å²) in [5, 5.41) is 9.16. The van der Waals surface area contributed by atoms with Crippen molar-refractivity contribution in [2.75, 3.05) is 6.61 Å². The van der Waals surface area contributed by atoms with Crippen molar-refractivity contribution in [3.8, 4) is 11.5 Å². The van der Waals surface area contributed by atoms with Gasteiger partial charge in [0, 0.05) is 9.50 Å². The van der Waals surface area contributed by atoms with Crippen LogP contribution in [0.15, 0.2) is 51.4 Å². The molecule has 120 valence electrons. The predicted octanol–water partition coefficient (Wildman–Crippen LogP) is 6.20. The smallest absolute Gasteiger partial charge is 0.422 e. The van der Waals surface area contributed by atoms with Crippen LogP contribution in [0.4, 0.5) is 13.2 Å². The lowest BCUT2D eigenvalue weighted by Crippen LogP contribution is -2.19. The molecule has 0 fully saturated rings. The Labute approximate surface area is 147 Å². The molecule has 0 aliphatic heterocycles. The second-order valence-corrected chi connectivity index (χ2v) is 6.16. The SMILES string of the molecule is FC(F)(F)COc1ccc(Cl)cc1Br.Oc1ccc(Br)cc1. The van der Waals surface area contributed by atoms with Crippen LogP contribution in [0.3, 0.4) is 0 Å². The van der Waals surface area contributed by atoms with Crippen molar-refractivity contribution >= 4 is 43.5 Å². The van der Waals surface area contributed by atoms with Crippen LogP contribution in [0.2, 0.25) is 5.02 Å². The Balaban J connectivity index is 0.000000255. The number of aromatic hydroxyl groups is 1. The fourth-order valence-electron chi connectivity index (χ4n) is 1.19. The third-order valence-corrected chi connectivity index (χ3v) is 3.50. The van der Waals surface area contributed by atoms with Crippen molar-refractivity contribution in [3.05, 3.63) is 56.4 Å². The molecule has 0 bridgehead atoms. The van der Waals surface area contributed by atoms with Gasteiger partial charge in [-0.1, -0.05) is 27.5 Å². The Morgan fingerprint density at radius 1 is 1.05 bits per heavy atom. The molecule has 0 aromatic heterocycles. The van der Waals surface area contributed by atoms with Crippen molar-refractivity contribution in [1.29, 1.82) is 0 Å². The maximum atomic E-state index is 11.8. The third-order valence-electron chi connectivity index (χ3n) is 2.11. The van der Waals surface area contributed by atoms with Crippen molar-refractivity contribution in [3.63, 3.8) is 0 Å². The Morgan fingerprint density at radius 3 is 2.09 bits per heavy atom. The number of rotatable bonds is 2. The van der Waals surface area contributed by atoms with Gasteiger partial charge in [0.2, 0.25) is 0 Å². The standard InChI is InChI=1S/C8H5BrClF3O.C6H5BrO/c9-6-3-5(10)1-2-7(6)14-4-8(11,12)13;7-5-1-3-6(8)4-2-5/h1-3H,4H2;1-4,8H. The molecule has 0 radical (unpaired) electrons. The number of phenols is 1. The lowest BCUT2D eigenvalue weighted by atomic mass is 10.3. The molecule has 0 saturated carbocycles. The van der Waals surface area contributed by atoms with Gasteiger partial charge >= 0.3 is 6.18 Å². The lowest BCUT2D eigenvalue weighted by molar-refractivity contribution is -0.153. The molecular weight excluding hydrogens is 452 g/mol. The van der Waals surface area contributed by atoms with Crippen LogP contribution in [0.25, 0.3) is 0 Å². The monoisotopic (exact) mass is 460 g/mol. The van der Waals surface area contributed by atoms with Crippen LogP contribution in [0.5, 0.6) is 11.5 Å².